The highest BCUT2D eigenvalue weighted by Crippen LogP contribution is 2.52. The average molecular weight is 527 g/mol. The fraction of sp³-hybridized carbons (Fsp3) is 0.767. The Labute approximate surface area is 220 Å². The molecule has 0 bridgehead atoms. The zero-order chi connectivity index (χ0) is 26.0. The first kappa shape index (κ1) is 29.4. The molecule has 3 rings (SSSR count). The Balaban J connectivity index is 1.58. The fourth-order valence-corrected chi connectivity index (χ4v) is 7.40. The summed E-state index contributed by atoms with van der Waals surface area (Å²) in [5.41, 5.74) is 0.638. The number of thioether (sulfide) groups is 1. The summed E-state index contributed by atoms with van der Waals surface area (Å²) in [6.45, 7) is 2.25. The number of carbonyl (C=O) groups is 1. The van der Waals surface area contributed by atoms with Crippen molar-refractivity contribution in [3.05, 3.63) is 29.6 Å². The highest BCUT2D eigenvalue weighted by molar-refractivity contribution is 7.99. The maximum atomic E-state index is 14.8. The summed E-state index contributed by atoms with van der Waals surface area (Å²) in [4.78, 5) is 11.6. The standard InChI is InChI=1S/C30H45F3O2S/c1-2-3-4-5-6-7-8-9-10-22-11-13-24(14-12-22)30(19-17-23(18-20-30)28(34)35)25-15-16-27(26(31)21-25)36-29(32)33/h15-16,21-24,29H,2-14,17-20H2,1H3,(H,34,35). The number of hydrogen-bond acceptors (Lipinski definition) is 2. The smallest absolute Gasteiger partial charge is 0.306 e. The Hall–Kier alpha value is -1.17. The molecule has 2 nitrogen and oxygen atoms in total. The Bertz CT molecular complexity index is 799. The van der Waals surface area contributed by atoms with E-state index in [1.54, 1.807) is 0 Å². The van der Waals surface area contributed by atoms with Crippen LogP contribution >= 0.6 is 11.8 Å². The molecule has 2 aliphatic rings. The second-order valence-electron chi connectivity index (χ2n) is 11.3. The van der Waals surface area contributed by atoms with E-state index in [0.717, 1.165) is 37.2 Å². The van der Waals surface area contributed by atoms with Crippen LogP contribution < -0.4 is 0 Å². The molecule has 2 saturated carbocycles. The maximum Gasteiger partial charge on any atom is 0.306 e. The number of carboxylic acids is 1. The van der Waals surface area contributed by atoms with Gasteiger partial charge in [0.2, 0.25) is 0 Å². The molecular weight excluding hydrogens is 481 g/mol. The third-order valence-electron chi connectivity index (χ3n) is 9.04. The monoisotopic (exact) mass is 526 g/mol. The van der Waals surface area contributed by atoms with E-state index in [0.29, 0.717) is 18.8 Å². The van der Waals surface area contributed by atoms with Gasteiger partial charge < -0.3 is 5.11 Å². The third-order valence-corrected chi connectivity index (χ3v) is 9.81. The average Bonchev–Trinajstić information content (AvgIpc) is 2.87. The molecule has 0 heterocycles. The first-order valence-corrected chi connectivity index (χ1v) is 15.2. The molecule has 2 aliphatic carbocycles. The van der Waals surface area contributed by atoms with Gasteiger partial charge in [0.15, 0.2) is 0 Å². The quantitative estimate of drug-likeness (QED) is 0.194. The molecule has 0 aromatic heterocycles. The Morgan fingerprint density at radius 2 is 1.58 bits per heavy atom. The number of carboxylic acid groups (broad SMARTS) is 1. The van der Waals surface area contributed by atoms with E-state index in [2.05, 4.69) is 6.92 Å². The SMILES string of the molecule is CCCCCCCCCCC1CCC(C2(c3ccc(SC(F)F)c(F)c3)CCC(C(=O)O)CC2)CC1. The molecule has 1 aromatic carbocycles. The van der Waals surface area contributed by atoms with Crippen molar-refractivity contribution in [2.45, 2.75) is 132 Å². The van der Waals surface area contributed by atoms with Crippen molar-refractivity contribution >= 4 is 17.7 Å². The fourth-order valence-electron chi connectivity index (χ4n) is 6.89. The van der Waals surface area contributed by atoms with Gasteiger partial charge in [-0.15, -0.1) is 0 Å². The molecule has 0 saturated heterocycles. The lowest BCUT2D eigenvalue weighted by Crippen LogP contribution is -2.42. The molecule has 0 unspecified atom stereocenters. The van der Waals surface area contributed by atoms with Crippen molar-refractivity contribution in [2.75, 3.05) is 0 Å². The molecule has 0 aliphatic heterocycles. The van der Waals surface area contributed by atoms with Gasteiger partial charge in [-0.3, -0.25) is 4.79 Å². The molecular formula is C30H45F3O2S. The summed E-state index contributed by atoms with van der Waals surface area (Å²) in [5.74, 6) is -3.16. The van der Waals surface area contributed by atoms with Crippen molar-refractivity contribution in [2.24, 2.45) is 17.8 Å². The summed E-state index contributed by atoms with van der Waals surface area (Å²) in [7, 11) is 0. The zero-order valence-electron chi connectivity index (χ0n) is 22.0. The van der Waals surface area contributed by atoms with Crippen LogP contribution in [0.4, 0.5) is 13.2 Å². The molecule has 204 valence electrons. The lowest BCUT2D eigenvalue weighted by atomic mass is 9.56. The minimum absolute atomic E-state index is 0.0165. The normalized spacial score (nSPS) is 26.9. The van der Waals surface area contributed by atoms with E-state index in [1.807, 2.05) is 6.07 Å². The predicted molar refractivity (Wildman–Crippen MR) is 142 cm³/mol. The Kier molecular flexibility index (Phi) is 12.0. The maximum absolute atomic E-state index is 14.8. The number of alkyl halides is 2. The van der Waals surface area contributed by atoms with Gasteiger partial charge in [0.05, 0.1) is 5.92 Å². The molecule has 36 heavy (non-hydrogen) atoms. The van der Waals surface area contributed by atoms with E-state index in [-0.39, 0.29) is 28.0 Å². The van der Waals surface area contributed by atoms with Crippen LogP contribution in [0.2, 0.25) is 0 Å². The number of halogens is 3. The van der Waals surface area contributed by atoms with Crippen molar-refractivity contribution in [3.8, 4) is 0 Å². The molecule has 6 heteroatoms. The first-order valence-electron chi connectivity index (χ1n) is 14.3. The number of hydrogen-bond donors (Lipinski definition) is 1. The second kappa shape index (κ2) is 14.7. The summed E-state index contributed by atoms with van der Waals surface area (Å²) >= 11 is 0.249. The predicted octanol–water partition coefficient (Wildman–Crippen LogP) is 9.99. The van der Waals surface area contributed by atoms with E-state index >= 15 is 0 Å². The first-order chi connectivity index (χ1) is 17.4. The van der Waals surface area contributed by atoms with Gasteiger partial charge in [0.25, 0.3) is 5.76 Å². The van der Waals surface area contributed by atoms with Gasteiger partial charge in [-0.25, -0.2) is 4.39 Å². The lowest BCUT2D eigenvalue weighted by Gasteiger charge is -2.48. The van der Waals surface area contributed by atoms with E-state index in [4.69, 9.17) is 0 Å². The Morgan fingerprint density at radius 1 is 0.972 bits per heavy atom. The van der Waals surface area contributed by atoms with Crippen LogP contribution in [0, 0.1) is 23.6 Å². The summed E-state index contributed by atoms with van der Waals surface area (Å²) in [6.07, 6.45) is 19.2. The van der Waals surface area contributed by atoms with Gasteiger partial charge in [-0.1, -0.05) is 95.4 Å². The van der Waals surface area contributed by atoms with Crippen molar-refractivity contribution < 1.29 is 23.1 Å². The van der Waals surface area contributed by atoms with Crippen molar-refractivity contribution in [3.63, 3.8) is 0 Å². The molecule has 0 amide bonds. The number of unbranched alkanes of at least 4 members (excludes halogenated alkanes) is 7. The number of aliphatic carboxylic acids is 1. The number of benzene rings is 1. The largest absolute Gasteiger partial charge is 0.481 e. The van der Waals surface area contributed by atoms with Gasteiger partial charge in [0, 0.05) is 4.90 Å². The van der Waals surface area contributed by atoms with E-state index < -0.39 is 17.5 Å². The molecule has 0 atom stereocenters. The molecule has 0 spiro atoms. The summed E-state index contributed by atoms with van der Waals surface area (Å²) in [6, 6.07) is 4.81. The van der Waals surface area contributed by atoms with Crippen LogP contribution in [0.15, 0.2) is 23.1 Å². The second-order valence-corrected chi connectivity index (χ2v) is 12.3. The Morgan fingerprint density at radius 3 is 2.14 bits per heavy atom. The summed E-state index contributed by atoms with van der Waals surface area (Å²) < 4.78 is 40.4. The minimum Gasteiger partial charge on any atom is -0.481 e. The molecule has 1 aromatic rings. The highest BCUT2D eigenvalue weighted by atomic mass is 32.2. The molecule has 1 N–H and O–H groups in total. The van der Waals surface area contributed by atoms with Gasteiger partial charge in [-0.05, 0) is 73.5 Å². The van der Waals surface area contributed by atoms with Crippen LogP contribution in [0.25, 0.3) is 0 Å². The van der Waals surface area contributed by atoms with Crippen molar-refractivity contribution in [1.29, 1.82) is 0 Å². The van der Waals surface area contributed by atoms with Crippen LogP contribution in [-0.4, -0.2) is 16.8 Å². The van der Waals surface area contributed by atoms with Crippen molar-refractivity contribution in [1.82, 2.24) is 0 Å². The topological polar surface area (TPSA) is 37.3 Å². The lowest BCUT2D eigenvalue weighted by molar-refractivity contribution is -0.143. The van der Waals surface area contributed by atoms with E-state index in [1.165, 1.54) is 82.8 Å². The molecule has 2 fully saturated rings. The van der Waals surface area contributed by atoms with Crippen LogP contribution in [0.3, 0.4) is 0 Å². The third kappa shape index (κ3) is 8.16. The molecule has 0 radical (unpaired) electrons. The van der Waals surface area contributed by atoms with Gasteiger partial charge >= 0.3 is 5.97 Å². The van der Waals surface area contributed by atoms with Gasteiger partial charge in [-0.2, -0.15) is 8.78 Å². The summed E-state index contributed by atoms with van der Waals surface area (Å²) in [5, 5.41) is 9.53. The minimum atomic E-state index is -2.65. The number of rotatable bonds is 14. The van der Waals surface area contributed by atoms with Crippen LogP contribution in [0.1, 0.15) is 122 Å². The van der Waals surface area contributed by atoms with E-state index in [9.17, 15) is 23.1 Å². The zero-order valence-corrected chi connectivity index (χ0v) is 22.8. The van der Waals surface area contributed by atoms with Gasteiger partial charge in [0.1, 0.15) is 5.82 Å². The van der Waals surface area contributed by atoms with Crippen LogP contribution in [0.5, 0.6) is 0 Å². The van der Waals surface area contributed by atoms with Crippen LogP contribution in [-0.2, 0) is 10.2 Å². The highest BCUT2D eigenvalue weighted by Gasteiger charge is 2.45.